The van der Waals surface area contributed by atoms with Crippen molar-refractivity contribution in [3.05, 3.63) is 59.9 Å². The van der Waals surface area contributed by atoms with Crippen molar-refractivity contribution in [2.75, 3.05) is 18.2 Å². The highest BCUT2D eigenvalue weighted by molar-refractivity contribution is 6.05. The van der Waals surface area contributed by atoms with E-state index in [0.29, 0.717) is 30.0 Å². The van der Waals surface area contributed by atoms with Gasteiger partial charge in [-0.1, -0.05) is 12.1 Å². The molecule has 0 aromatic heterocycles. The number of ether oxygens (including phenoxy) is 2. The van der Waals surface area contributed by atoms with Crippen molar-refractivity contribution in [1.82, 2.24) is 4.90 Å². The zero-order valence-electron chi connectivity index (χ0n) is 14.9. The molecular weight excluding hydrogens is 363 g/mol. The third-order valence-corrected chi connectivity index (χ3v) is 5.35. The molecule has 0 saturated carbocycles. The van der Waals surface area contributed by atoms with Crippen molar-refractivity contribution in [1.29, 1.82) is 0 Å². The molecule has 0 radical (unpaired) electrons. The Bertz CT molecular complexity index is 1010. The van der Waals surface area contributed by atoms with E-state index in [4.69, 9.17) is 9.47 Å². The van der Waals surface area contributed by atoms with E-state index in [1.165, 1.54) is 18.2 Å². The lowest BCUT2D eigenvalue weighted by atomic mass is 10.2. The van der Waals surface area contributed by atoms with E-state index in [1.807, 2.05) is 6.07 Å². The van der Waals surface area contributed by atoms with E-state index in [-0.39, 0.29) is 30.5 Å². The summed E-state index contributed by atoms with van der Waals surface area (Å²) in [6.45, 7) is 0.649. The van der Waals surface area contributed by atoms with E-state index in [0.717, 1.165) is 5.69 Å². The molecule has 2 saturated heterocycles. The maximum absolute atomic E-state index is 13.3. The smallest absolute Gasteiger partial charge is 0.250 e. The number of halogens is 1. The molecule has 0 aliphatic carbocycles. The number of piperazine rings is 1. The molecule has 2 aromatic carbocycles. The van der Waals surface area contributed by atoms with Gasteiger partial charge in [-0.3, -0.25) is 9.59 Å². The zero-order chi connectivity index (χ0) is 19.3. The van der Waals surface area contributed by atoms with Gasteiger partial charge in [0.2, 0.25) is 18.6 Å². The highest BCUT2D eigenvalue weighted by Crippen LogP contribution is 2.40. The summed E-state index contributed by atoms with van der Waals surface area (Å²) in [6.07, 6.45) is 3.57. The van der Waals surface area contributed by atoms with E-state index >= 15 is 0 Å². The van der Waals surface area contributed by atoms with Crippen LogP contribution < -0.4 is 14.4 Å². The zero-order valence-corrected chi connectivity index (χ0v) is 14.9. The molecule has 3 heterocycles. The fraction of sp³-hybridized carbons (Fsp3) is 0.238. The lowest BCUT2D eigenvalue weighted by molar-refractivity contribution is -0.134. The standard InChI is InChI=1S/C21H17FN2O4/c22-14-3-1-2-13(8-14)4-7-20(25)23-11-16-9-17(23)21(26)24(16)15-5-6-18-19(10-15)28-12-27-18/h1-8,10,16-17H,9,11-12H2/b7-4+/t16-,17-/m0/s1. The van der Waals surface area contributed by atoms with Gasteiger partial charge in [0, 0.05) is 24.4 Å². The largest absolute Gasteiger partial charge is 0.454 e. The molecule has 0 unspecified atom stereocenters. The molecule has 2 amide bonds. The first-order chi connectivity index (χ1) is 13.6. The maximum atomic E-state index is 13.3. The van der Waals surface area contributed by atoms with Gasteiger partial charge in [0.05, 0.1) is 6.04 Å². The molecule has 28 heavy (non-hydrogen) atoms. The van der Waals surface area contributed by atoms with Gasteiger partial charge in [0.1, 0.15) is 11.9 Å². The Balaban J connectivity index is 1.31. The summed E-state index contributed by atoms with van der Waals surface area (Å²) in [4.78, 5) is 28.8. The topological polar surface area (TPSA) is 59.1 Å². The van der Waals surface area contributed by atoms with Crippen LogP contribution in [0.4, 0.5) is 10.1 Å². The van der Waals surface area contributed by atoms with Crippen LogP contribution in [0.25, 0.3) is 6.08 Å². The van der Waals surface area contributed by atoms with Crippen LogP contribution in [-0.2, 0) is 9.59 Å². The highest BCUT2D eigenvalue weighted by atomic mass is 19.1. The number of hydrogen-bond acceptors (Lipinski definition) is 4. The minimum Gasteiger partial charge on any atom is -0.454 e. The fourth-order valence-corrected chi connectivity index (χ4v) is 4.07. The first-order valence-corrected chi connectivity index (χ1v) is 9.07. The van der Waals surface area contributed by atoms with E-state index in [9.17, 15) is 14.0 Å². The number of anilines is 1. The second-order valence-corrected chi connectivity index (χ2v) is 7.03. The van der Waals surface area contributed by atoms with Crippen LogP contribution in [0.1, 0.15) is 12.0 Å². The van der Waals surface area contributed by atoms with Gasteiger partial charge in [-0.2, -0.15) is 0 Å². The Morgan fingerprint density at radius 3 is 2.82 bits per heavy atom. The average molecular weight is 380 g/mol. The maximum Gasteiger partial charge on any atom is 0.250 e. The Morgan fingerprint density at radius 1 is 1.14 bits per heavy atom. The Morgan fingerprint density at radius 2 is 2.00 bits per heavy atom. The van der Waals surface area contributed by atoms with Crippen molar-refractivity contribution < 1.29 is 23.5 Å². The highest BCUT2D eigenvalue weighted by Gasteiger charge is 2.51. The van der Waals surface area contributed by atoms with Crippen molar-refractivity contribution in [3.8, 4) is 11.5 Å². The molecule has 2 fully saturated rings. The van der Waals surface area contributed by atoms with E-state index < -0.39 is 6.04 Å². The predicted molar refractivity (Wildman–Crippen MR) is 99.4 cm³/mol. The van der Waals surface area contributed by atoms with Crippen LogP contribution in [0.15, 0.2) is 48.5 Å². The van der Waals surface area contributed by atoms with Gasteiger partial charge in [-0.25, -0.2) is 4.39 Å². The Labute approximate surface area is 160 Å². The second kappa shape index (κ2) is 6.37. The van der Waals surface area contributed by atoms with Crippen LogP contribution in [-0.4, -0.2) is 42.1 Å². The Kier molecular flexibility index (Phi) is 3.82. The third-order valence-electron chi connectivity index (χ3n) is 5.35. The normalized spacial score (nSPS) is 22.5. The van der Waals surface area contributed by atoms with Crippen LogP contribution in [0.2, 0.25) is 0 Å². The van der Waals surface area contributed by atoms with Gasteiger partial charge in [-0.05, 0) is 42.3 Å². The number of carbonyl (C=O) groups is 2. The van der Waals surface area contributed by atoms with Crippen LogP contribution in [0, 0.1) is 5.82 Å². The molecule has 3 aliphatic heterocycles. The molecule has 0 spiro atoms. The third kappa shape index (κ3) is 2.70. The number of rotatable bonds is 3. The number of fused-ring (bicyclic) bond motifs is 3. The minimum atomic E-state index is -0.472. The summed E-state index contributed by atoms with van der Waals surface area (Å²) < 4.78 is 24.0. The molecule has 3 aliphatic rings. The minimum absolute atomic E-state index is 0.0654. The van der Waals surface area contributed by atoms with Crippen molar-refractivity contribution in [2.45, 2.75) is 18.5 Å². The first kappa shape index (κ1) is 16.8. The number of carbonyl (C=O) groups excluding carboxylic acids is 2. The van der Waals surface area contributed by atoms with Crippen LogP contribution in [0.3, 0.4) is 0 Å². The molecule has 5 rings (SSSR count). The van der Waals surface area contributed by atoms with Gasteiger partial charge < -0.3 is 19.3 Å². The molecule has 2 atom stereocenters. The summed E-state index contributed by atoms with van der Waals surface area (Å²) >= 11 is 0. The molecular formula is C21H17FN2O4. The number of hydrogen-bond donors (Lipinski definition) is 0. The molecule has 0 N–H and O–H groups in total. The molecule has 2 bridgehead atoms. The fourth-order valence-electron chi connectivity index (χ4n) is 4.07. The van der Waals surface area contributed by atoms with E-state index in [1.54, 1.807) is 40.1 Å². The quantitative estimate of drug-likeness (QED) is 0.768. The van der Waals surface area contributed by atoms with Crippen molar-refractivity contribution >= 4 is 23.6 Å². The summed E-state index contributed by atoms with van der Waals surface area (Å²) in [5.41, 5.74) is 1.36. The predicted octanol–water partition coefficient (Wildman–Crippen LogP) is 2.58. The SMILES string of the molecule is O=C(/C=C/c1cccc(F)c1)N1C[C@@H]2C[C@H]1C(=O)N2c1ccc2c(c1)OCO2. The van der Waals surface area contributed by atoms with Gasteiger partial charge >= 0.3 is 0 Å². The lowest BCUT2D eigenvalue weighted by Gasteiger charge is -2.33. The number of amides is 2. The van der Waals surface area contributed by atoms with Crippen LogP contribution >= 0.6 is 0 Å². The summed E-state index contributed by atoms with van der Waals surface area (Å²) in [5.74, 6) is 0.598. The van der Waals surface area contributed by atoms with Gasteiger partial charge in [0.15, 0.2) is 11.5 Å². The van der Waals surface area contributed by atoms with E-state index in [2.05, 4.69) is 0 Å². The second-order valence-electron chi connectivity index (χ2n) is 7.03. The Hall–Kier alpha value is -3.35. The monoisotopic (exact) mass is 380 g/mol. The summed E-state index contributed by atoms with van der Waals surface area (Å²) in [5, 5.41) is 0. The number of likely N-dealkylation sites (tertiary alicyclic amines) is 1. The van der Waals surface area contributed by atoms with Crippen molar-refractivity contribution in [2.24, 2.45) is 0 Å². The summed E-state index contributed by atoms with van der Waals surface area (Å²) in [6, 6.07) is 10.9. The van der Waals surface area contributed by atoms with Gasteiger partial charge in [0.25, 0.3) is 0 Å². The number of benzene rings is 2. The molecule has 2 aromatic rings. The van der Waals surface area contributed by atoms with Gasteiger partial charge in [-0.15, -0.1) is 0 Å². The average Bonchev–Trinajstić information content (AvgIpc) is 3.39. The number of nitrogens with zero attached hydrogens (tertiary/aromatic N) is 2. The molecule has 142 valence electrons. The molecule has 7 heteroatoms. The van der Waals surface area contributed by atoms with Crippen LogP contribution in [0.5, 0.6) is 11.5 Å². The lowest BCUT2D eigenvalue weighted by Crippen LogP contribution is -2.52. The molecule has 6 nitrogen and oxygen atoms in total. The first-order valence-electron chi connectivity index (χ1n) is 9.07. The summed E-state index contributed by atoms with van der Waals surface area (Å²) in [7, 11) is 0. The van der Waals surface area contributed by atoms with Crippen molar-refractivity contribution in [3.63, 3.8) is 0 Å².